The third kappa shape index (κ3) is 2.17. The Balaban J connectivity index is 1.79. The van der Waals surface area contributed by atoms with Crippen molar-refractivity contribution in [2.45, 2.75) is 45.1 Å². The van der Waals surface area contributed by atoms with Crippen LogP contribution in [0.25, 0.3) is 0 Å². The van der Waals surface area contributed by atoms with Crippen molar-refractivity contribution in [2.75, 3.05) is 19.8 Å². The molecule has 2 saturated heterocycles. The Kier molecular flexibility index (Phi) is 3.11. The summed E-state index contributed by atoms with van der Waals surface area (Å²) in [7, 11) is 0. The zero-order valence-corrected chi connectivity index (χ0v) is 11.1. The zero-order chi connectivity index (χ0) is 12.6. The number of nitrogens with zero attached hydrogens (tertiary/aromatic N) is 2. The first-order chi connectivity index (χ1) is 8.67. The van der Waals surface area contributed by atoms with E-state index in [2.05, 4.69) is 29.3 Å². The molecular weight excluding hydrogens is 230 g/mol. The average molecular weight is 251 g/mol. The van der Waals surface area contributed by atoms with Gasteiger partial charge in [-0.05, 0) is 31.2 Å². The maximum atomic E-state index is 5.47. The lowest BCUT2D eigenvalue weighted by Gasteiger charge is -2.36. The second kappa shape index (κ2) is 4.63. The highest BCUT2D eigenvalue weighted by Crippen LogP contribution is 2.39. The van der Waals surface area contributed by atoms with Gasteiger partial charge in [0, 0.05) is 12.5 Å². The molecule has 5 heteroatoms. The third-order valence-corrected chi connectivity index (χ3v) is 4.13. The van der Waals surface area contributed by atoms with Gasteiger partial charge in [0.05, 0.1) is 12.6 Å². The summed E-state index contributed by atoms with van der Waals surface area (Å²) in [6, 6.07) is 0.176. The summed E-state index contributed by atoms with van der Waals surface area (Å²) in [5.74, 6) is 1.86. The van der Waals surface area contributed by atoms with Crippen LogP contribution in [0.1, 0.15) is 56.8 Å². The quantitative estimate of drug-likeness (QED) is 0.871. The van der Waals surface area contributed by atoms with Crippen LogP contribution in [0.2, 0.25) is 0 Å². The molecule has 0 aromatic carbocycles. The molecule has 2 atom stereocenters. The van der Waals surface area contributed by atoms with Gasteiger partial charge in [0.25, 0.3) is 0 Å². The predicted octanol–water partition coefficient (Wildman–Crippen LogP) is 2.02. The fourth-order valence-corrected chi connectivity index (χ4v) is 2.90. The van der Waals surface area contributed by atoms with Gasteiger partial charge in [-0.15, -0.1) is 0 Å². The van der Waals surface area contributed by atoms with E-state index >= 15 is 0 Å². The highest BCUT2D eigenvalue weighted by molar-refractivity contribution is 5.04. The van der Waals surface area contributed by atoms with Gasteiger partial charge in [-0.3, -0.25) is 0 Å². The maximum Gasteiger partial charge on any atom is 0.244 e. The van der Waals surface area contributed by atoms with Crippen LogP contribution < -0.4 is 5.32 Å². The molecule has 100 valence electrons. The Bertz CT molecular complexity index is 410. The largest absolute Gasteiger partial charge is 0.381 e. The number of ether oxygens (including phenoxy) is 1. The van der Waals surface area contributed by atoms with Crippen molar-refractivity contribution < 1.29 is 9.26 Å². The van der Waals surface area contributed by atoms with E-state index in [1.807, 2.05) is 0 Å². The summed E-state index contributed by atoms with van der Waals surface area (Å²) < 4.78 is 10.8. The number of hydrogen-bond acceptors (Lipinski definition) is 5. The molecule has 1 aromatic heterocycles. The molecule has 0 radical (unpaired) electrons. The fraction of sp³-hybridized carbons (Fsp3) is 0.846. The number of rotatable bonds is 2. The molecular formula is C13H21N3O2. The van der Waals surface area contributed by atoms with E-state index in [9.17, 15) is 0 Å². The number of aromatic nitrogens is 2. The summed E-state index contributed by atoms with van der Waals surface area (Å²) in [5, 5.41) is 7.63. The SMILES string of the molecule is CC1(C)CCCNC1c1nc(C2CCOC2)no1. The van der Waals surface area contributed by atoms with Gasteiger partial charge >= 0.3 is 0 Å². The van der Waals surface area contributed by atoms with Gasteiger partial charge in [0.1, 0.15) is 0 Å². The summed E-state index contributed by atoms with van der Waals surface area (Å²) in [6.45, 7) is 7.07. The van der Waals surface area contributed by atoms with Crippen LogP contribution >= 0.6 is 0 Å². The molecule has 0 saturated carbocycles. The Morgan fingerprint density at radius 3 is 3.00 bits per heavy atom. The Morgan fingerprint density at radius 1 is 1.39 bits per heavy atom. The molecule has 0 aliphatic carbocycles. The van der Waals surface area contributed by atoms with Crippen molar-refractivity contribution in [3.05, 3.63) is 11.7 Å². The van der Waals surface area contributed by atoms with E-state index in [1.165, 1.54) is 12.8 Å². The molecule has 0 bridgehead atoms. The summed E-state index contributed by atoms with van der Waals surface area (Å²) in [5.41, 5.74) is 0.175. The molecule has 0 spiro atoms. The molecule has 2 aliphatic heterocycles. The van der Waals surface area contributed by atoms with Crippen LogP contribution in [0.15, 0.2) is 4.52 Å². The monoisotopic (exact) mass is 251 g/mol. The molecule has 1 N–H and O–H groups in total. The van der Waals surface area contributed by atoms with Crippen molar-refractivity contribution in [3.63, 3.8) is 0 Å². The van der Waals surface area contributed by atoms with Crippen LogP contribution in [0.3, 0.4) is 0 Å². The molecule has 1 aromatic rings. The van der Waals surface area contributed by atoms with Gasteiger partial charge in [-0.25, -0.2) is 0 Å². The van der Waals surface area contributed by atoms with Crippen LogP contribution in [0.4, 0.5) is 0 Å². The van der Waals surface area contributed by atoms with E-state index in [4.69, 9.17) is 9.26 Å². The molecule has 2 unspecified atom stereocenters. The maximum absolute atomic E-state index is 5.47. The minimum Gasteiger partial charge on any atom is -0.381 e. The van der Waals surface area contributed by atoms with Crippen LogP contribution in [-0.2, 0) is 4.74 Å². The summed E-state index contributed by atoms with van der Waals surface area (Å²) in [4.78, 5) is 4.59. The topological polar surface area (TPSA) is 60.2 Å². The summed E-state index contributed by atoms with van der Waals surface area (Å²) in [6.07, 6.45) is 3.40. The van der Waals surface area contributed by atoms with Crippen LogP contribution in [-0.4, -0.2) is 29.9 Å². The first kappa shape index (κ1) is 12.1. The predicted molar refractivity (Wildman–Crippen MR) is 66.2 cm³/mol. The van der Waals surface area contributed by atoms with E-state index < -0.39 is 0 Å². The molecule has 2 aliphatic rings. The Hall–Kier alpha value is -0.940. The first-order valence-corrected chi connectivity index (χ1v) is 6.81. The number of piperidine rings is 1. The highest BCUT2D eigenvalue weighted by Gasteiger charge is 2.37. The normalized spacial score (nSPS) is 31.7. The van der Waals surface area contributed by atoms with Gasteiger partial charge in [-0.2, -0.15) is 4.98 Å². The average Bonchev–Trinajstić information content (AvgIpc) is 2.99. The molecule has 0 amide bonds. The molecule has 5 nitrogen and oxygen atoms in total. The van der Waals surface area contributed by atoms with Crippen LogP contribution in [0, 0.1) is 5.41 Å². The lowest BCUT2D eigenvalue weighted by atomic mass is 9.77. The second-order valence-corrected chi connectivity index (χ2v) is 6.03. The van der Waals surface area contributed by atoms with Gasteiger partial charge in [0.2, 0.25) is 5.89 Å². The molecule has 3 heterocycles. The minimum atomic E-state index is 0.175. The van der Waals surface area contributed by atoms with Crippen molar-refractivity contribution in [1.82, 2.24) is 15.5 Å². The second-order valence-electron chi connectivity index (χ2n) is 6.03. The van der Waals surface area contributed by atoms with Crippen molar-refractivity contribution in [3.8, 4) is 0 Å². The van der Waals surface area contributed by atoms with Crippen molar-refractivity contribution in [2.24, 2.45) is 5.41 Å². The smallest absolute Gasteiger partial charge is 0.244 e. The lowest BCUT2D eigenvalue weighted by molar-refractivity contribution is 0.146. The van der Waals surface area contributed by atoms with Gasteiger partial charge < -0.3 is 14.6 Å². The van der Waals surface area contributed by atoms with Crippen LogP contribution in [0.5, 0.6) is 0 Å². The van der Waals surface area contributed by atoms with E-state index in [0.29, 0.717) is 5.92 Å². The van der Waals surface area contributed by atoms with E-state index in [-0.39, 0.29) is 11.5 Å². The third-order valence-electron chi connectivity index (χ3n) is 4.13. The lowest BCUT2D eigenvalue weighted by Crippen LogP contribution is -2.39. The minimum absolute atomic E-state index is 0.175. The van der Waals surface area contributed by atoms with Gasteiger partial charge in [-0.1, -0.05) is 19.0 Å². The molecule has 3 rings (SSSR count). The zero-order valence-electron chi connectivity index (χ0n) is 11.1. The van der Waals surface area contributed by atoms with E-state index in [0.717, 1.165) is 37.9 Å². The fourth-order valence-electron chi connectivity index (χ4n) is 2.90. The standard InChI is InChI=1S/C13H21N3O2/c1-13(2)5-3-6-14-10(13)12-15-11(16-18-12)9-4-7-17-8-9/h9-10,14H,3-8H2,1-2H3. The summed E-state index contributed by atoms with van der Waals surface area (Å²) >= 11 is 0. The number of hydrogen-bond donors (Lipinski definition) is 1. The Labute approximate surface area is 107 Å². The first-order valence-electron chi connectivity index (χ1n) is 6.81. The number of nitrogens with one attached hydrogen (secondary N) is 1. The van der Waals surface area contributed by atoms with Gasteiger partial charge in [0.15, 0.2) is 5.82 Å². The molecule has 18 heavy (non-hydrogen) atoms. The van der Waals surface area contributed by atoms with E-state index in [1.54, 1.807) is 0 Å². The van der Waals surface area contributed by atoms with Crippen molar-refractivity contribution in [1.29, 1.82) is 0 Å². The highest BCUT2D eigenvalue weighted by atomic mass is 16.5. The molecule has 2 fully saturated rings. The van der Waals surface area contributed by atoms with Crippen molar-refractivity contribution >= 4 is 0 Å². The Morgan fingerprint density at radius 2 is 2.28 bits per heavy atom.